The van der Waals surface area contributed by atoms with E-state index in [4.69, 9.17) is 0 Å². The number of ketones is 1. The van der Waals surface area contributed by atoms with Gasteiger partial charge in [0.25, 0.3) is 5.91 Å². The van der Waals surface area contributed by atoms with Crippen molar-refractivity contribution in [2.45, 2.75) is 45.6 Å². The van der Waals surface area contributed by atoms with Gasteiger partial charge in [0.15, 0.2) is 11.5 Å². The third-order valence-electron chi connectivity index (χ3n) is 3.90. The van der Waals surface area contributed by atoms with Crippen LogP contribution < -0.4 is 5.32 Å². The summed E-state index contributed by atoms with van der Waals surface area (Å²) in [7, 11) is 0. The van der Waals surface area contributed by atoms with Crippen molar-refractivity contribution >= 4 is 11.7 Å². The van der Waals surface area contributed by atoms with Gasteiger partial charge < -0.3 is 5.32 Å². The maximum atomic E-state index is 12.3. The van der Waals surface area contributed by atoms with E-state index in [0.717, 1.165) is 24.2 Å². The van der Waals surface area contributed by atoms with Crippen LogP contribution >= 0.6 is 0 Å². The Labute approximate surface area is 134 Å². The lowest BCUT2D eigenvalue weighted by atomic mass is 10.1. The Kier molecular flexibility index (Phi) is 3.98. The van der Waals surface area contributed by atoms with Crippen LogP contribution in [0, 0.1) is 0 Å². The van der Waals surface area contributed by atoms with E-state index in [1.54, 1.807) is 16.8 Å². The van der Waals surface area contributed by atoms with Crippen LogP contribution in [-0.4, -0.2) is 32.7 Å². The Balaban J connectivity index is 1.96. The molecule has 0 spiro atoms. The lowest BCUT2D eigenvalue weighted by Gasteiger charge is -2.11. The quantitative estimate of drug-likeness (QED) is 0.861. The van der Waals surface area contributed by atoms with Gasteiger partial charge in [0.05, 0.1) is 11.4 Å². The Morgan fingerprint density at radius 2 is 1.87 bits per heavy atom. The predicted molar refractivity (Wildman–Crippen MR) is 85.9 cm³/mol. The molecule has 1 fully saturated rings. The van der Waals surface area contributed by atoms with Crippen molar-refractivity contribution in [2.24, 2.45) is 0 Å². The largest absolute Gasteiger partial charge is 0.348 e. The summed E-state index contributed by atoms with van der Waals surface area (Å²) in [4.78, 5) is 23.7. The zero-order valence-electron chi connectivity index (χ0n) is 13.5. The summed E-state index contributed by atoms with van der Waals surface area (Å²) in [5.74, 6) is -0.0519. The fourth-order valence-corrected chi connectivity index (χ4v) is 2.48. The summed E-state index contributed by atoms with van der Waals surface area (Å²) in [5.41, 5.74) is 2.59. The number of nitrogens with one attached hydrogen (secondary N) is 1. The van der Waals surface area contributed by atoms with Gasteiger partial charge in [0.2, 0.25) is 0 Å². The monoisotopic (exact) mass is 312 g/mol. The Hall–Kier alpha value is -2.50. The van der Waals surface area contributed by atoms with E-state index in [1.807, 2.05) is 26.0 Å². The van der Waals surface area contributed by atoms with Gasteiger partial charge in [-0.05, 0) is 49.9 Å². The highest BCUT2D eigenvalue weighted by atomic mass is 16.2. The first-order valence-corrected chi connectivity index (χ1v) is 7.85. The second-order valence-corrected chi connectivity index (χ2v) is 6.24. The van der Waals surface area contributed by atoms with E-state index in [0.29, 0.717) is 11.3 Å². The Morgan fingerprint density at radius 1 is 1.22 bits per heavy atom. The van der Waals surface area contributed by atoms with Crippen molar-refractivity contribution < 1.29 is 9.59 Å². The fraction of sp³-hybridized carbons (Fsp3) is 0.412. The number of Topliss-reactive ketones (excluding diaryl/α,β-unsaturated/α-hetero) is 1. The third-order valence-corrected chi connectivity index (χ3v) is 3.90. The highest BCUT2D eigenvalue weighted by molar-refractivity contribution is 5.94. The Bertz CT molecular complexity index is 742. The van der Waals surface area contributed by atoms with Crippen molar-refractivity contribution in [2.75, 3.05) is 0 Å². The number of nitrogens with zero attached hydrogens (tertiary/aromatic N) is 3. The van der Waals surface area contributed by atoms with Crippen LogP contribution in [-0.2, 0) is 0 Å². The van der Waals surface area contributed by atoms with Crippen LogP contribution in [0.25, 0.3) is 5.69 Å². The van der Waals surface area contributed by atoms with E-state index in [-0.39, 0.29) is 23.7 Å². The molecule has 23 heavy (non-hydrogen) atoms. The smallest absolute Gasteiger partial charge is 0.274 e. The molecular weight excluding hydrogens is 292 g/mol. The number of benzene rings is 1. The van der Waals surface area contributed by atoms with Gasteiger partial charge in [-0.25, -0.2) is 4.68 Å². The molecule has 0 bridgehead atoms. The molecule has 3 rings (SSSR count). The molecule has 1 aromatic carbocycles. The molecule has 1 saturated carbocycles. The molecule has 120 valence electrons. The van der Waals surface area contributed by atoms with Gasteiger partial charge in [0, 0.05) is 11.6 Å². The van der Waals surface area contributed by atoms with Crippen LogP contribution in [0.5, 0.6) is 0 Å². The average Bonchev–Trinajstić information content (AvgIpc) is 3.21. The molecule has 0 unspecified atom stereocenters. The average molecular weight is 312 g/mol. The van der Waals surface area contributed by atoms with Crippen LogP contribution in [0.3, 0.4) is 0 Å². The first kappa shape index (κ1) is 15.4. The maximum absolute atomic E-state index is 12.3. The zero-order chi connectivity index (χ0) is 16.6. The summed E-state index contributed by atoms with van der Waals surface area (Å²) < 4.78 is 1.68. The van der Waals surface area contributed by atoms with Gasteiger partial charge in [0.1, 0.15) is 0 Å². The number of carbonyl (C=O) groups is 2. The fourth-order valence-electron chi connectivity index (χ4n) is 2.48. The van der Waals surface area contributed by atoms with Gasteiger partial charge >= 0.3 is 0 Å². The van der Waals surface area contributed by atoms with Gasteiger partial charge in [-0.15, -0.1) is 5.10 Å². The molecule has 1 N–H and O–H groups in total. The second kappa shape index (κ2) is 5.95. The molecule has 1 amide bonds. The summed E-state index contributed by atoms with van der Waals surface area (Å²) in [6, 6.07) is 7.43. The standard InChI is InChI=1S/C17H20N4O2/c1-10(2)16-15(17(23)18-13-6-7-13)19-20-21(16)14-8-4-12(5-9-14)11(3)22/h4-5,8-10,13H,6-7H2,1-3H3,(H,18,23). The van der Waals surface area contributed by atoms with Crippen molar-refractivity contribution in [1.82, 2.24) is 20.3 Å². The lowest BCUT2D eigenvalue weighted by molar-refractivity contribution is 0.0943. The molecular formula is C17H20N4O2. The minimum absolute atomic E-state index is 0.0173. The van der Waals surface area contributed by atoms with Crippen molar-refractivity contribution in [1.29, 1.82) is 0 Å². The number of amides is 1. The van der Waals surface area contributed by atoms with Crippen LogP contribution in [0.15, 0.2) is 24.3 Å². The number of hydrogen-bond acceptors (Lipinski definition) is 4. The van der Waals surface area contributed by atoms with Gasteiger partial charge in [-0.2, -0.15) is 0 Å². The van der Waals surface area contributed by atoms with Gasteiger partial charge in [-0.3, -0.25) is 9.59 Å². The topological polar surface area (TPSA) is 76.9 Å². The minimum Gasteiger partial charge on any atom is -0.348 e. The first-order chi connectivity index (χ1) is 11.0. The maximum Gasteiger partial charge on any atom is 0.274 e. The van der Waals surface area contributed by atoms with Crippen LogP contribution in [0.2, 0.25) is 0 Å². The molecule has 6 heteroatoms. The molecule has 1 aliphatic rings. The number of carbonyl (C=O) groups excluding carboxylic acids is 2. The Morgan fingerprint density at radius 3 is 2.39 bits per heavy atom. The van der Waals surface area contributed by atoms with E-state index in [2.05, 4.69) is 15.6 Å². The van der Waals surface area contributed by atoms with Gasteiger partial charge in [-0.1, -0.05) is 19.1 Å². The van der Waals surface area contributed by atoms with Crippen LogP contribution in [0.1, 0.15) is 66.1 Å². The minimum atomic E-state index is -0.164. The van der Waals surface area contributed by atoms with Crippen molar-refractivity contribution in [3.63, 3.8) is 0 Å². The predicted octanol–water partition coefficient (Wildman–Crippen LogP) is 2.49. The van der Waals surface area contributed by atoms with E-state index in [1.165, 1.54) is 6.92 Å². The van der Waals surface area contributed by atoms with Crippen LogP contribution in [0.4, 0.5) is 0 Å². The summed E-state index contributed by atoms with van der Waals surface area (Å²) in [6.07, 6.45) is 2.06. The van der Waals surface area contributed by atoms with Crippen molar-refractivity contribution in [3.05, 3.63) is 41.2 Å². The first-order valence-electron chi connectivity index (χ1n) is 7.85. The molecule has 2 aromatic rings. The molecule has 0 radical (unpaired) electrons. The molecule has 0 saturated heterocycles. The van der Waals surface area contributed by atoms with E-state index >= 15 is 0 Å². The normalized spacial score (nSPS) is 14.1. The number of hydrogen-bond donors (Lipinski definition) is 1. The molecule has 0 aliphatic heterocycles. The zero-order valence-corrected chi connectivity index (χ0v) is 13.5. The highest BCUT2D eigenvalue weighted by Gasteiger charge is 2.28. The second-order valence-electron chi connectivity index (χ2n) is 6.24. The van der Waals surface area contributed by atoms with E-state index < -0.39 is 0 Å². The number of aromatic nitrogens is 3. The number of rotatable bonds is 5. The molecule has 1 aromatic heterocycles. The summed E-state index contributed by atoms with van der Waals surface area (Å²) in [6.45, 7) is 5.55. The lowest BCUT2D eigenvalue weighted by Crippen LogP contribution is -2.27. The highest BCUT2D eigenvalue weighted by Crippen LogP contribution is 2.24. The molecule has 1 heterocycles. The SMILES string of the molecule is CC(=O)c1ccc(-n2nnc(C(=O)NC3CC3)c2C(C)C)cc1. The molecule has 1 aliphatic carbocycles. The summed E-state index contributed by atoms with van der Waals surface area (Å²) in [5, 5.41) is 11.2. The molecule has 6 nitrogen and oxygen atoms in total. The van der Waals surface area contributed by atoms with E-state index in [9.17, 15) is 9.59 Å². The third kappa shape index (κ3) is 3.16. The summed E-state index contributed by atoms with van der Waals surface area (Å²) >= 11 is 0. The molecule has 0 atom stereocenters. The van der Waals surface area contributed by atoms with Crippen molar-refractivity contribution in [3.8, 4) is 5.69 Å².